The standard InChI is InChI=1S/C53H33N3S/c1-3-12-34(13-4-1)36-24-27-38(28-25-36)51-54-52(42-30-31-44-41(33-42)29-26-37-16-7-8-19-43(37)44)56-53(55-51)47-22-11-23-48-49(47)46-21-10-20-45(50(46)57-48)40-18-9-17-39(32-40)35-14-5-2-6-15-35/h1-33H. The van der Waals surface area contributed by atoms with Gasteiger partial charge in [-0.15, -0.1) is 11.3 Å². The van der Waals surface area contributed by atoms with Gasteiger partial charge in [0.2, 0.25) is 0 Å². The summed E-state index contributed by atoms with van der Waals surface area (Å²) in [5.41, 5.74) is 10.0. The minimum absolute atomic E-state index is 0.642. The monoisotopic (exact) mass is 743 g/mol. The first-order valence-electron chi connectivity index (χ1n) is 19.2. The molecule has 9 aromatic carbocycles. The van der Waals surface area contributed by atoms with E-state index in [4.69, 9.17) is 15.0 Å². The first-order chi connectivity index (χ1) is 28.2. The fourth-order valence-electron chi connectivity index (χ4n) is 8.11. The highest BCUT2D eigenvalue weighted by atomic mass is 32.1. The molecule has 0 amide bonds. The summed E-state index contributed by atoms with van der Waals surface area (Å²) in [7, 11) is 0. The van der Waals surface area contributed by atoms with Crippen molar-refractivity contribution in [3.8, 4) is 67.5 Å². The van der Waals surface area contributed by atoms with E-state index in [1.807, 2.05) is 17.4 Å². The molecule has 2 aromatic heterocycles. The van der Waals surface area contributed by atoms with Gasteiger partial charge in [-0.25, -0.2) is 15.0 Å². The Balaban J connectivity index is 1.09. The van der Waals surface area contributed by atoms with Crippen molar-refractivity contribution in [2.75, 3.05) is 0 Å². The van der Waals surface area contributed by atoms with Crippen molar-refractivity contribution in [1.82, 2.24) is 15.0 Å². The third kappa shape index (κ3) is 5.95. The molecule has 0 radical (unpaired) electrons. The Morgan fingerprint density at radius 2 is 0.842 bits per heavy atom. The maximum Gasteiger partial charge on any atom is 0.164 e. The Morgan fingerprint density at radius 1 is 0.298 bits per heavy atom. The summed E-state index contributed by atoms with van der Waals surface area (Å²) in [6.07, 6.45) is 0. The summed E-state index contributed by atoms with van der Waals surface area (Å²) in [5, 5.41) is 7.18. The average Bonchev–Trinajstić information content (AvgIpc) is 3.69. The molecule has 0 bridgehead atoms. The Labute approximate surface area is 334 Å². The molecule has 57 heavy (non-hydrogen) atoms. The molecule has 2 heterocycles. The summed E-state index contributed by atoms with van der Waals surface area (Å²) in [6, 6.07) is 71.0. The van der Waals surface area contributed by atoms with Crippen LogP contribution in [0.2, 0.25) is 0 Å². The highest BCUT2D eigenvalue weighted by Crippen LogP contribution is 2.44. The van der Waals surface area contributed by atoms with Crippen molar-refractivity contribution < 1.29 is 0 Å². The van der Waals surface area contributed by atoms with Crippen LogP contribution in [0.15, 0.2) is 200 Å². The Morgan fingerprint density at radius 3 is 1.67 bits per heavy atom. The van der Waals surface area contributed by atoms with E-state index in [1.54, 1.807) is 0 Å². The van der Waals surface area contributed by atoms with Crippen LogP contribution < -0.4 is 0 Å². The molecule has 0 saturated carbocycles. The van der Waals surface area contributed by atoms with Gasteiger partial charge in [-0.3, -0.25) is 0 Å². The van der Waals surface area contributed by atoms with E-state index in [0.29, 0.717) is 17.5 Å². The minimum atomic E-state index is 0.642. The lowest BCUT2D eigenvalue weighted by Gasteiger charge is -2.11. The largest absolute Gasteiger partial charge is 0.208 e. The quantitative estimate of drug-likeness (QED) is 0.159. The zero-order chi connectivity index (χ0) is 37.7. The Hall–Kier alpha value is -7.27. The molecular weight excluding hydrogens is 711 g/mol. The molecular formula is C53H33N3S. The van der Waals surface area contributed by atoms with E-state index >= 15 is 0 Å². The van der Waals surface area contributed by atoms with Crippen LogP contribution in [0.25, 0.3) is 109 Å². The van der Waals surface area contributed by atoms with Gasteiger partial charge >= 0.3 is 0 Å². The first kappa shape index (κ1) is 33.1. The summed E-state index contributed by atoms with van der Waals surface area (Å²) in [5.74, 6) is 1.94. The van der Waals surface area contributed by atoms with Gasteiger partial charge in [0.15, 0.2) is 17.5 Å². The van der Waals surface area contributed by atoms with Crippen molar-refractivity contribution in [3.05, 3.63) is 200 Å². The maximum absolute atomic E-state index is 5.28. The molecule has 0 spiro atoms. The van der Waals surface area contributed by atoms with Crippen LogP contribution in [-0.2, 0) is 0 Å². The second-order valence-electron chi connectivity index (χ2n) is 14.4. The van der Waals surface area contributed by atoms with Crippen molar-refractivity contribution in [3.63, 3.8) is 0 Å². The molecule has 3 nitrogen and oxygen atoms in total. The van der Waals surface area contributed by atoms with Gasteiger partial charge in [0, 0.05) is 36.9 Å². The highest BCUT2D eigenvalue weighted by molar-refractivity contribution is 7.26. The number of nitrogens with zero attached hydrogens (tertiary/aromatic N) is 3. The fourth-order valence-corrected chi connectivity index (χ4v) is 9.37. The molecule has 0 aliphatic rings. The summed E-state index contributed by atoms with van der Waals surface area (Å²) in [6.45, 7) is 0. The van der Waals surface area contributed by atoms with E-state index in [2.05, 4.69) is 194 Å². The van der Waals surface area contributed by atoms with Gasteiger partial charge in [0.1, 0.15) is 0 Å². The first-order valence-corrected chi connectivity index (χ1v) is 20.0. The van der Waals surface area contributed by atoms with Crippen LogP contribution in [0.3, 0.4) is 0 Å². The van der Waals surface area contributed by atoms with Crippen molar-refractivity contribution in [1.29, 1.82) is 0 Å². The van der Waals surface area contributed by atoms with Gasteiger partial charge in [0.05, 0.1) is 0 Å². The minimum Gasteiger partial charge on any atom is -0.208 e. The van der Waals surface area contributed by atoms with Gasteiger partial charge in [0.25, 0.3) is 0 Å². The second-order valence-corrected chi connectivity index (χ2v) is 15.4. The van der Waals surface area contributed by atoms with Crippen LogP contribution in [0.4, 0.5) is 0 Å². The van der Waals surface area contributed by atoms with Gasteiger partial charge in [-0.2, -0.15) is 0 Å². The molecule has 11 rings (SSSR count). The number of fused-ring (bicyclic) bond motifs is 6. The molecule has 11 aromatic rings. The molecule has 266 valence electrons. The Bertz CT molecular complexity index is 3280. The van der Waals surface area contributed by atoms with Crippen molar-refractivity contribution in [2.24, 2.45) is 0 Å². The van der Waals surface area contributed by atoms with Gasteiger partial charge < -0.3 is 0 Å². The van der Waals surface area contributed by atoms with Crippen LogP contribution in [0.1, 0.15) is 0 Å². The number of aromatic nitrogens is 3. The molecule has 0 aliphatic carbocycles. The number of hydrogen-bond donors (Lipinski definition) is 0. The normalized spacial score (nSPS) is 11.5. The summed E-state index contributed by atoms with van der Waals surface area (Å²) < 4.78 is 2.44. The molecule has 0 N–H and O–H groups in total. The fraction of sp³-hybridized carbons (Fsp3) is 0. The van der Waals surface area contributed by atoms with E-state index in [9.17, 15) is 0 Å². The van der Waals surface area contributed by atoms with Crippen molar-refractivity contribution in [2.45, 2.75) is 0 Å². The lowest BCUT2D eigenvalue weighted by molar-refractivity contribution is 1.08. The summed E-state index contributed by atoms with van der Waals surface area (Å²) >= 11 is 1.83. The zero-order valence-corrected chi connectivity index (χ0v) is 31.6. The van der Waals surface area contributed by atoms with Crippen LogP contribution in [-0.4, -0.2) is 15.0 Å². The van der Waals surface area contributed by atoms with Crippen LogP contribution in [0, 0.1) is 0 Å². The lowest BCUT2D eigenvalue weighted by Crippen LogP contribution is -2.00. The highest BCUT2D eigenvalue weighted by Gasteiger charge is 2.19. The van der Waals surface area contributed by atoms with Crippen LogP contribution in [0.5, 0.6) is 0 Å². The number of benzene rings is 9. The zero-order valence-electron chi connectivity index (χ0n) is 30.8. The maximum atomic E-state index is 5.28. The number of thiophene rings is 1. The van der Waals surface area contributed by atoms with Gasteiger partial charge in [-0.1, -0.05) is 182 Å². The number of rotatable bonds is 6. The van der Waals surface area contributed by atoms with Crippen LogP contribution >= 0.6 is 11.3 Å². The van der Waals surface area contributed by atoms with Gasteiger partial charge in [-0.05, 0) is 73.1 Å². The average molecular weight is 744 g/mol. The van der Waals surface area contributed by atoms with E-state index in [0.717, 1.165) is 33.0 Å². The smallest absolute Gasteiger partial charge is 0.164 e. The second kappa shape index (κ2) is 13.8. The third-order valence-electron chi connectivity index (χ3n) is 10.9. The lowest BCUT2D eigenvalue weighted by atomic mass is 9.97. The summed E-state index contributed by atoms with van der Waals surface area (Å²) in [4.78, 5) is 15.7. The molecule has 0 atom stereocenters. The molecule has 0 saturated heterocycles. The molecule has 0 unspecified atom stereocenters. The Kier molecular flexibility index (Phi) is 8.01. The SMILES string of the molecule is c1ccc(-c2ccc(-c3nc(-c4ccc5c(ccc6ccccc65)c4)nc(-c4cccc5sc6c(-c7cccc(-c8ccccc8)c7)cccc6c45)n3)cc2)cc1. The number of hydrogen-bond acceptors (Lipinski definition) is 4. The van der Waals surface area contributed by atoms with E-state index in [1.165, 1.54) is 58.8 Å². The molecule has 0 fully saturated rings. The predicted octanol–water partition coefficient (Wildman–Crippen LogP) is 14.5. The topological polar surface area (TPSA) is 38.7 Å². The van der Waals surface area contributed by atoms with E-state index in [-0.39, 0.29) is 0 Å². The van der Waals surface area contributed by atoms with E-state index < -0.39 is 0 Å². The predicted molar refractivity (Wildman–Crippen MR) is 240 cm³/mol. The third-order valence-corrected chi connectivity index (χ3v) is 12.1. The molecule has 0 aliphatic heterocycles. The van der Waals surface area contributed by atoms with Crippen molar-refractivity contribution >= 4 is 53.1 Å². The molecule has 4 heteroatoms.